The van der Waals surface area contributed by atoms with Gasteiger partial charge in [0, 0.05) is 19.6 Å². The molecule has 0 saturated carbocycles. The second-order valence-electron chi connectivity index (χ2n) is 2.74. The van der Waals surface area contributed by atoms with Crippen LogP contribution in [-0.2, 0) is 42.3 Å². The van der Waals surface area contributed by atoms with Gasteiger partial charge in [-0.25, -0.2) is 5.01 Å². The molecular formula is C6H10CuN4S4. The molecule has 1 aliphatic rings. The Kier molecular flexibility index (Phi) is 8.20. The molecule has 4 nitrogen and oxygen atoms in total. The first-order valence-electron chi connectivity index (χ1n) is 4.02. The molecule has 1 aliphatic heterocycles. The molecule has 0 aromatic heterocycles. The number of nitrogens with one attached hydrogen (secondary N) is 3. The third-order valence-electron chi connectivity index (χ3n) is 1.76. The Morgan fingerprint density at radius 2 is 2.00 bits per heavy atom. The van der Waals surface area contributed by atoms with Crippen LogP contribution in [0.25, 0.3) is 0 Å². The van der Waals surface area contributed by atoms with Crippen molar-refractivity contribution in [1.82, 2.24) is 21.1 Å². The minimum absolute atomic E-state index is 0. The summed E-state index contributed by atoms with van der Waals surface area (Å²) in [5, 5.41) is 8.10. The van der Waals surface area contributed by atoms with E-state index in [1.54, 1.807) is 0 Å². The Morgan fingerprint density at radius 1 is 1.33 bits per heavy atom. The molecule has 1 unspecified atom stereocenters. The van der Waals surface area contributed by atoms with Crippen molar-refractivity contribution in [1.29, 1.82) is 0 Å². The van der Waals surface area contributed by atoms with Gasteiger partial charge < -0.3 is 65.8 Å². The molecule has 3 N–H and O–H groups in total. The number of thiocarbonyl (C=S) groups is 2. The first-order chi connectivity index (χ1) is 6.59. The molecule has 0 amide bonds. The van der Waals surface area contributed by atoms with E-state index in [1.165, 1.54) is 0 Å². The van der Waals surface area contributed by atoms with Gasteiger partial charge in [-0.1, -0.05) is 4.32 Å². The van der Waals surface area contributed by atoms with Gasteiger partial charge in [-0.3, -0.25) is 0 Å². The number of rotatable bonds is 2. The minimum Gasteiger partial charge on any atom is -0.412 e. The van der Waals surface area contributed by atoms with E-state index in [2.05, 4.69) is 16.1 Å². The molecule has 89 valence electrons. The third kappa shape index (κ3) is 6.08. The standard InChI is InChI=1S/C6H12N4S4.Cu/c11-5(12)8-4-3-7-1-2-10(4)9-6(13)14;/h4,7H,1-3H2,(H2,8,11,12)(H2,9,13,14);/q;+2/p-2. The van der Waals surface area contributed by atoms with Gasteiger partial charge in [0.1, 0.15) is 6.17 Å². The summed E-state index contributed by atoms with van der Waals surface area (Å²) >= 11 is 19.2. The van der Waals surface area contributed by atoms with E-state index in [4.69, 9.17) is 49.7 Å². The van der Waals surface area contributed by atoms with Crippen molar-refractivity contribution in [3.8, 4) is 0 Å². The first kappa shape index (κ1) is 15.7. The van der Waals surface area contributed by atoms with Crippen LogP contribution in [0.5, 0.6) is 0 Å². The minimum atomic E-state index is 0. The van der Waals surface area contributed by atoms with Crippen LogP contribution in [0.4, 0.5) is 0 Å². The van der Waals surface area contributed by atoms with Crippen LogP contribution in [0.15, 0.2) is 0 Å². The zero-order valence-corrected chi connectivity index (χ0v) is 11.8. The van der Waals surface area contributed by atoms with E-state index in [9.17, 15) is 0 Å². The summed E-state index contributed by atoms with van der Waals surface area (Å²) < 4.78 is 0.676. The predicted molar refractivity (Wildman–Crippen MR) is 69.6 cm³/mol. The van der Waals surface area contributed by atoms with Crippen LogP contribution in [-0.4, -0.2) is 39.5 Å². The Morgan fingerprint density at radius 3 is 2.53 bits per heavy atom. The van der Waals surface area contributed by atoms with Crippen molar-refractivity contribution < 1.29 is 17.1 Å². The van der Waals surface area contributed by atoms with Crippen molar-refractivity contribution in [3.63, 3.8) is 0 Å². The second kappa shape index (κ2) is 7.86. The molecule has 0 aliphatic carbocycles. The molecule has 0 spiro atoms. The first-order valence-corrected chi connectivity index (χ1v) is 5.65. The Bertz CT molecular complexity index is 215. The van der Waals surface area contributed by atoms with Crippen molar-refractivity contribution in [2.75, 3.05) is 19.6 Å². The smallest absolute Gasteiger partial charge is 0.412 e. The number of nitrogens with zero attached hydrogens (tertiary/aromatic N) is 1. The quantitative estimate of drug-likeness (QED) is 0.338. The van der Waals surface area contributed by atoms with E-state index < -0.39 is 0 Å². The molecular weight excluding hydrogens is 320 g/mol. The molecule has 1 radical (unpaired) electrons. The maximum absolute atomic E-state index is 4.81. The summed E-state index contributed by atoms with van der Waals surface area (Å²) in [7, 11) is 0. The largest absolute Gasteiger partial charge is 2.00 e. The number of hydrogen-bond acceptors (Lipinski definition) is 6. The average molecular weight is 330 g/mol. The molecule has 15 heavy (non-hydrogen) atoms. The van der Waals surface area contributed by atoms with Gasteiger partial charge in [-0.15, -0.1) is 0 Å². The van der Waals surface area contributed by atoms with E-state index in [-0.39, 0.29) is 23.2 Å². The molecule has 1 saturated heterocycles. The third-order valence-corrected chi connectivity index (χ3v) is 2.18. The summed E-state index contributed by atoms with van der Waals surface area (Å²) in [5.41, 5.74) is 2.91. The van der Waals surface area contributed by atoms with Crippen molar-refractivity contribution in [2.24, 2.45) is 0 Å². The summed E-state index contributed by atoms with van der Waals surface area (Å²) in [5.74, 6) is 0. The number of piperazine rings is 1. The van der Waals surface area contributed by atoms with Gasteiger partial charge in [0.15, 0.2) is 0 Å². The topological polar surface area (TPSA) is 39.3 Å². The zero-order valence-electron chi connectivity index (χ0n) is 7.58. The maximum Gasteiger partial charge on any atom is 2.00 e. The van der Waals surface area contributed by atoms with E-state index in [0.717, 1.165) is 19.6 Å². The van der Waals surface area contributed by atoms with Crippen LogP contribution in [0, 0.1) is 0 Å². The van der Waals surface area contributed by atoms with Gasteiger partial charge >= 0.3 is 17.1 Å². The predicted octanol–water partition coefficient (Wildman–Crippen LogP) is -1.03. The van der Waals surface area contributed by atoms with Crippen LogP contribution < -0.4 is 16.1 Å². The van der Waals surface area contributed by atoms with Gasteiger partial charge in [0.25, 0.3) is 0 Å². The van der Waals surface area contributed by atoms with Gasteiger partial charge in [0.05, 0.1) is 0 Å². The molecule has 0 bridgehead atoms. The number of hydrogen-bond donors (Lipinski definition) is 3. The molecule has 0 aromatic carbocycles. The Hall–Kier alpha value is 0.659. The van der Waals surface area contributed by atoms with Gasteiger partial charge in [-0.2, -0.15) is 0 Å². The van der Waals surface area contributed by atoms with E-state index in [0.29, 0.717) is 8.64 Å². The zero-order chi connectivity index (χ0) is 10.6. The number of hydrazine groups is 1. The summed E-state index contributed by atoms with van der Waals surface area (Å²) in [6.07, 6.45) is 0.00894. The summed E-state index contributed by atoms with van der Waals surface area (Å²) in [4.78, 5) is 0. The van der Waals surface area contributed by atoms with Gasteiger partial charge in [-0.05, 0) is 4.32 Å². The summed E-state index contributed by atoms with van der Waals surface area (Å²) in [6, 6.07) is 0. The van der Waals surface area contributed by atoms with Gasteiger partial charge in [0.2, 0.25) is 0 Å². The van der Waals surface area contributed by atoms with Crippen molar-refractivity contribution in [2.45, 2.75) is 6.17 Å². The fraction of sp³-hybridized carbons (Fsp3) is 0.667. The van der Waals surface area contributed by atoms with E-state index in [1.807, 2.05) is 5.01 Å². The van der Waals surface area contributed by atoms with Crippen LogP contribution >= 0.6 is 24.4 Å². The molecule has 1 fully saturated rings. The molecule has 9 heteroatoms. The fourth-order valence-corrected chi connectivity index (χ4v) is 1.73. The van der Waals surface area contributed by atoms with Crippen LogP contribution in [0.1, 0.15) is 0 Å². The Labute approximate surface area is 122 Å². The average Bonchev–Trinajstić information content (AvgIpc) is 2.06. The molecule has 1 heterocycles. The fourth-order valence-electron chi connectivity index (χ4n) is 1.22. The Balaban J connectivity index is 0.00000196. The second-order valence-corrected chi connectivity index (χ2v) is 4.89. The van der Waals surface area contributed by atoms with Crippen molar-refractivity contribution >= 4 is 58.3 Å². The summed E-state index contributed by atoms with van der Waals surface area (Å²) in [6.45, 7) is 2.43. The molecule has 0 aromatic rings. The van der Waals surface area contributed by atoms with Crippen LogP contribution in [0.3, 0.4) is 0 Å². The molecule has 1 atom stereocenters. The normalized spacial score (nSPS) is 21.2. The van der Waals surface area contributed by atoms with E-state index >= 15 is 0 Å². The van der Waals surface area contributed by atoms with Crippen LogP contribution in [0.2, 0.25) is 0 Å². The molecule has 1 rings (SSSR count). The monoisotopic (exact) mass is 329 g/mol. The maximum atomic E-state index is 4.81. The SMILES string of the molecule is S=C([S-])NC1CNCCN1NC(=S)[S-].[Cu+2]. The van der Waals surface area contributed by atoms with Crippen molar-refractivity contribution in [3.05, 3.63) is 0 Å².